The van der Waals surface area contributed by atoms with Gasteiger partial charge < -0.3 is 29.6 Å². The molecule has 2 N–H and O–H groups in total. The number of allylic oxidation sites excluding steroid dienone is 1. The lowest BCUT2D eigenvalue weighted by molar-refractivity contribution is -0.152. The molecule has 4 amide bonds. The number of fused-ring (bicyclic) bond motifs is 5. The average Bonchev–Trinajstić information content (AvgIpc) is 3.74. The van der Waals surface area contributed by atoms with Crippen LogP contribution in [-0.2, 0) is 42.9 Å². The van der Waals surface area contributed by atoms with Crippen molar-refractivity contribution < 1.29 is 42.9 Å². The maximum absolute atomic E-state index is 12.8. The monoisotopic (exact) mass is 840 g/mol. The molecule has 1 unspecified atom stereocenters. The fraction of sp³-hybridized carbons (Fsp3) is 0.812. The first-order valence-electron chi connectivity index (χ1n) is 23.5. The van der Waals surface area contributed by atoms with E-state index in [2.05, 4.69) is 51.3 Å². The summed E-state index contributed by atoms with van der Waals surface area (Å²) in [5.41, 5.74) is 2.22. The Kier molecular flexibility index (Phi) is 18.7. The summed E-state index contributed by atoms with van der Waals surface area (Å²) >= 11 is 0. The van der Waals surface area contributed by atoms with E-state index in [0.29, 0.717) is 71.0 Å². The van der Waals surface area contributed by atoms with E-state index in [1.165, 1.54) is 69.1 Å². The van der Waals surface area contributed by atoms with Crippen LogP contribution in [0.3, 0.4) is 0 Å². The van der Waals surface area contributed by atoms with Crippen molar-refractivity contribution in [1.29, 1.82) is 0 Å². The van der Waals surface area contributed by atoms with Crippen molar-refractivity contribution in [2.24, 2.45) is 46.3 Å². The Balaban J connectivity index is 0.845. The van der Waals surface area contributed by atoms with Crippen LogP contribution in [0.25, 0.3) is 0 Å². The third-order valence-corrected chi connectivity index (χ3v) is 14.9. The zero-order chi connectivity index (χ0) is 43.1. The highest BCUT2D eigenvalue weighted by Crippen LogP contribution is 2.67. The fourth-order valence-electron chi connectivity index (χ4n) is 11.6. The van der Waals surface area contributed by atoms with Crippen molar-refractivity contribution in [3.8, 4) is 0 Å². The van der Waals surface area contributed by atoms with Crippen LogP contribution in [0, 0.1) is 46.3 Å². The van der Waals surface area contributed by atoms with Gasteiger partial charge in [0.1, 0.15) is 6.10 Å². The first-order chi connectivity index (χ1) is 28.8. The van der Waals surface area contributed by atoms with Crippen molar-refractivity contribution in [3.63, 3.8) is 0 Å². The molecule has 5 rings (SSSR count). The summed E-state index contributed by atoms with van der Waals surface area (Å²) in [5, 5.41) is 5.63. The largest absolute Gasteiger partial charge is 0.462 e. The fourth-order valence-corrected chi connectivity index (χ4v) is 11.6. The molecule has 0 aromatic heterocycles. The van der Waals surface area contributed by atoms with Gasteiger partial charge in [-0.3, -0.25) is 28.9 Å². The second kappa shape index (κ2) is 23.4. The topological polar surface area (TPSA) is 150 Å². The molecular formula is C48H77N3O9. The van der Waals surface area contributed by atoms with Gasteiger partial charge in [-0.1, -0.05) is 65.5 Å². The van der Waals surface area contributed by atoms with Gasteiger partial charge in [0.25, 0.3) is 11.8 Å². The Morgan fingerprint density at radius 2 is 1.38 bits per heavy atom. The number of hydrogen-bond acceptors (Lipinski definition) is 9. The first-order valence-corrected chi connectivity index (χ1v) is 23.5. The minimum Gasteiger partial charge on any atom is -0.462 e. The average molecular weight is 840 g/mol. The SMILES string of the molecule is CC(C)CCC[C@@H](C)[C@H]1CC[C@H]2[C@@H]3CC=C4CC(OC(=O)CCC(=O)NCCCOCCOCCOCCCNC(=O)CCN5C(=O)C=CC5=O)CC[C@]4(C)[C@H]3CC[C@]12C. The molecule has 0 saturated heterocycles. The van der Waals surface area contributed by atoms with Gasteiger partial charge in [0.05, 0.1) is 32.8 Å². The molecule has 0 aromatic carbocycles. The van der Waals surface area contributed by atoms with Gasteiger partial charge >= 0.3 is 5.97 Å². The van der Waals surface area contributed by atoms with Crippen LogP contribution in [0.2, 0.25) is 0 Å². The lowest BCUT2D eigenvalue weighted by Gasteiger charge is -2.58. The van der Waals surface area contributed by atoms with E-state index in [1.807, 2.05) is 0 Å². The molecule has 338 valence electrons. The molecule has 12 heteroatoms. The van der Waals surface area contributed by atoms with Crippen molar-refractivity contribution in [2.45, 2.75) is 143 Å². The summed E-state index contributed by atoms with van der Waals surface area (Å²) in [7, 11) is 0. The number of carbonyl (C=O) groups excluding carboxylic acids is 5. The highest BCUT2D eigenvalue weighted by molar-refractivity contribution is 6.13. The van der Waals surface area contributed by atoms with Gasteiger partial charge in [0, 0.05) is 64.3 Å². The van der Waals surface area contributed by atoms with E-state index < -0.39 is 0 Å². The summed E-state index contributed by atoms with van der Waals surface area (Å²) in [6.07, 6.45) is 20.1. The lowest BCUT2D eigenvalue weighted by Crippen LogP contribution is -2.51. The van der Waals surface area contributed by atoms with Crippen LogP contribution in [0.15, 0.2) is 23.8 Å². The number of amides is 4. The standard InChI is InChI=1S/C48H77N3O9/c1-34(2)9-6-10-35(3)39-13-14-40-38-12-11-36-33-37(19-22-47(36,4)41(38)20-23-48(39,40)5)60-46(56)18-15-42(52)49-24-7-27-57-29-31-59-32-30-58-28-8-25-50-43(53)21-26-51-44(54)16-17-45(51)55/h11,16-17,34-35,37-41H,6-10,12-15,18-33H2,1-5H3,(H,49,52)(H,50,53)/t35-,37?,38+,39-,40+,41+,47+,48-/m1/s1. The van der Waals surface area contributed by atoms with Gasteiger partial charge in [-0.2, -0.15) is 0 Å². The zero-order valence-electron chi connectivity index (χ0n) is 37.6. The molecule has 0 radical (unpaired) electrons. The van der Waals surface area contributed by atoms with Crippen LogP contribution < -0.4 is 10.6 Å². The van der Waals surface area contributed by atoms with E-state index in [9.17, 15) is 24.0 Å². The normalized spacial score (nSPS) is 28.9. The summed E-state index contributed by atoms with van der Waals surface area (Å²) in [6.45, 7) is 16.1. The number of rotatable bonds is 26. The summed E-state index contributed by atoms with van der Waals surface area (Å²) < 4.78 is 22.6. The van der Waals surface area contributed by atoms with Gasteiger partial charge in [0.2, 0.25) is 11.8 Å². The molecule has 1 heterocycles. The molecule has 0 aromatic rings. The minimum atomic E-state index is -0.389. The molecule has 12 nitrogen and oxygen atoms in total. The molecule has 3 fully saturated rings. The third kappa shape index (κ3) is 13.2. The number of carbonyl (C=O) groups is 5. The van der Waals surface area contributed by atoms with Crippen LogP contribution in [0.5, 0.6) is 0 Å². The van der Waals surface area contributed by atoms with Crippen LogP contribution >= 0.6 is 0 Å². The third-order valence-electron chi connectivity index (χ3n) is 14.9. The highest BCUT2D eigenvalue weighted by atomic mass is 16.5. The minimum absolute atomic E-state index is 0.0707. The molecule has 8 atom stereocenters. The van der Waals surface area contributed by atoms with Crippen molar-refractivity contribution >= 4 is 29.6 Å². The van der Waals surface area contributed by atoms with E-state index in [0.717, 1.165) is 59.7 Å². The molecule has 4 aliphatic carbocycles. The van der Waals surface area contributed by atoms with Crippen molar-refractivity contribution in [2.75, 3.05) is 59.3 Å². The smallest absolute Gasteiger partial charge is 0.306 e. The highest BCUT2D eigenvalue weighted by Gasteiger charge is 2.59. The Hall–Kier alpha value is -3.09. The maximum Gasteiger partial charge on any atom is 0.306 e. The van der Waals surface area contributed by atoms with Gasteiger partial charge in [0.15, 0.2) is 0 Å². The predicted molar refractivity (Wildman–Crippen MR) is 230 cm³/mol. The van der Waals surface area contributed by atoms with E-state index in [4.69, 9.17) is 18.9 Å². The maximum atomic E-state index is 12.8. The van der Waals surface area contributed by atoms with E-state index >= 15 is 0 Å². The van der Waals surface area contributed by atoms with Crippen LogP contribution in [0.4, 0.5) is 0 Å². The lowest BCUT2D eigenvalue weighted by atomic mass is 9.47. The van der Waals surface area contributed by atoms with Crippen molar-refractivity contribution in [1.82, 2.24) is 15.5 Å². The number of esters is 1. The quantitative estimate of drug-likeness (QED) is 0.0403. The Morgan fingerprint density at radius 1 is 0.750 bits per heavy atom. The molecule has 0 bridgehead atoms. The predicted octanol–water partition coefficient (Wildman–Crippen LogP) is 7.10. The molecule has 5 aliphatic rings. The Morgan fingerprint density at radius 3 is 2.03 bits per heavy atom. The summed E-state index contributed by atoms with van der Waals surface area (Å²) in [4.78, 5) is 61.2. The second-order valence-electron chi connectivity index (χ2n) is 19.3. The van der Waals surface area contributed by atoms with Gasteiger partial charge in [-0.25, -0.2) is 0 Å². The van der Waals surface area contributed by atoms with E-state index in [-0.39, 0.29) is 66.9 Å². The Bertz CT molecular complexity index is 1490. The first kappa shape index (κ1) is 48.0. The number of nitrogens with zero attached hydrogens (tertiary/aromatic N) is 1. The Labute approximate surface area is 360 Å². The number of ether oxygens (including phenoxy) is 4. The van der Waals surface area contributed by atoms with E-state index in [1.54, 1.807) is 0 Å². The van der Waals surface area contributed by atoms with Crippen LogP contribution in [0.1, 0.15) is 137 Å². The molecule has 1 aliphatic heterocycles. The molecule has 60 heavy (non-hydrogen) atoms. The zero-order valence-corrected chi connectivity index (χ0v) is 37.6. The van der Waals surface area contributed by atoms with Gasteiger partial charge in [-0.05, 0) is 104 Å². The second-order valence-corrected chi connectivity index (χ2v) is 19.3. The summed E-state index contributed by atoms with van der Waals surface area (Å²) in [5.74, 6) is 3.43. The van der Waals surface area contributed by atoms with Gasteiger partial charge in [-0.15, -0.1) is 0 Å². The molecule has 3 saturated carbocycles. The molecule has 0 spiro atoms. The number of nitrogens with one attached hydrogen (secondary N) is 2. The number of hydrogen-bond donors (Lipinski definition) is 2. The number of imide groups is 1. The van der Waals surface area contributed by atoms with Crippen molar-refractivity contribution in [3.05, 3.63) is 23.8 Å². The van der Waals surface area contributed by atoms with Crippen LogP contribution in [-0.4, -0.2) is 99.9 Å². The summed E-state index contributed by atoms with van der Waals surface area (Å²) in [6, 6.07) is 0. The molecular weight excluding hydrogens is 763 g/mol.